The number of guanidine groups is 1. The van der Waals surface area contributed by atoms with Gasteiger partial charge >= 0.3 is 0 Å². The smallest absolute Gasteiger partial charge is 0.230 e. The van der Waals surface area contributed by atoms with E-state index in [1.54, 1.807) is 18.0 Å². The van der Waals surface area contributed by atoms with E-state index in [9.17, 15) is 0 Å². The lowest BCUT2D eigenvalue weighted by molar-refractivity contribution is 0.653. The predicted octanol–water partition coefficient (Wildman–Crippen LogP) is 2.64. The molecule has 3 nitrogen and oxygen atoms in total. The third-order valence-corrected chi connectivity index (χ3v) is 3.31. The van der Waals surface area contributed by atoms with Gasteiger partial charge in [0, 0.05) is 17.3 Å². The van der Waals surface area contributed by atoms with Crippen LogP contribution in [-0.2, 0) is 0 Å². The van der Waals surface area contributed by atoms with Crippen molar-refractivity contribution in [2.45, 2.75) is 4.90 Å². The maximum atomic E-state index is 4.53. The first-order valence-corrected chi connectivity index (χ1v) is 5.70. The summed E-state index contributed by atoms with van der Waals surface area (Å²) in [5.74, 6) is 1.64. The molecule has 0 fully saturated rings. The highest BCUT2D eigenvalue weighted by Crippen LogP contribution is 2.33. The summed E-state index contributed by atoms with van der Waals surface area (Å²) >= 11 is 1.78. The van der Waals surface area contributed by atoms with Crippen molar-refractivity contribution in [3.63, 3.8) is 0 Å². The van der Waals surface area contributed by atoms with Gasteiger partial charge in [-0.25, -0.2) is 9.98 Å². The molecule has 0 spiro atoms. The quantitative estimate of drug-likeness (QED) is 0.665. The monoisotopic (exact) mass is 215 g/mol. The molecular formula is C11H9N3S. The number of allylic oxidation sites excluding steroid dienone is 1. The van der Waals surface area contributed by atoms with E-state index in [4.69, 9.17) is 0 Å². The predicted molar refractivity (Wildman–Crippen MR) is 63.7 cm³/mol. The van der Waals surface area contributed by atoms with E-state index in [2.05, 4.69) is 16.1 Å². The summed E-state index contributed by atoms with van der Waals surface area (Å²) in [5.41, 5.74) is 1.01. The summed E-state index contributed by atoms with van der Waals surface area (Å²) in [5, 5.41) is 0. The molecule has 2 heterocycles. The first kappa shape index (κ1) is 8.73. The summed E-state index contributed by atoms with van der Waals surface area (Å²) in [7, 11) is 0. The molecule has 2 aliphatic heterocycles. The number of fused-ring (bicyclic) bond motifs is 2. The fourth-order valence-electron chi connectivity index (χ4n) is 1.51. The Hall–Kier alpha value is -1.55. The van der Waals surface area contributed by atoms with Crippen LogP contribution in [0.1, 0.15) is 0 Å². The van der Waals surface area contributed by atoms with Crippen LogP contribution in [-0.4, -0.2) is 23.0 Å². The van der Waals surface area contributed by atoms with Crippen molar-refractivity contribution < 1.29 is 0 Å². The number of hydrogen-bond donors (Lipinski definition) is 0. The molecule has 0 unspecified atom stereocenters. The van der Waals surface area contributed by atoms with E-state index in [0.29, 0.717) is 0 Å². The standard InChI is InChI=1S/C11H9N3S/c1-2-5-10-9(4-1)13-11-12-6-3-7-14(11)8-15-10/h1-7H,8H2. The van der Waals surface area contributed by atoms with Crippen molar-refractivity contribution in [2.24, 2.45) is 9.98 Å². The van der Waals surface area contributed by atoms with Gasteiger partial charge in [0.25, 0.3) is 0 Å². The van der Waals surface area contributed by atoms with Crippen LogP contribution >= 0.6 is 11.8 Å². The minimum atomic E-state index is 0.773. The molecule has 4 heteroatoms. The topological polar surface area (TPSA) is 28.0 Å². The Kier molecular flexibility index (Phi) is 2.07. The third kappa shape index (κ3) is 1.57. The molecule has 1 aromatic rings. The van der Waals surface area contributed by atoms with Crippen LogP contribution in [0, 0.1) is 0 Å². The first-order chi connectivity index (χ1) is 7.43. The maximum absolute atomic E-state index is 4.53. The Balaban J connectivity index is 2.09. The van der Waals surface area contributed by atoms with Crippen LogP contribution in [0.25, 0.3) is 0 Å². The summed E-state index contributed by atoms with van der Waals surface area (Å²) < 4.78 is 0. The van der Waals surface area contributed by atoms with Gasteiger partial charge in [-0.15, -0.1) is 11.8 Å². The number of rotatable bonds is 0. The van der Waals surface area contributed by atoms with Crippen LogP contribution in [0.3, 0.4) is 0 Å². The Morgan fingerprint density at radius 3 is 3.20 bits per heavy atom. The number of thioether (sulfide) groups is 1. The zero-order valence-electron chi connectivity index (χ0n) is 8.00. The van der Waals surface area contributed by atoms with Gasteiger partial charge in [0.1, 0.15) is 0 Å². The lowest BCUT2D eigenvalue weighted by Gasteiger charge is -2.17. The minimum Gasteiger partial charge on any atom is -0.307 e. The summed E-state index contributed by atoms with van der Waals surface area (Å²) in [6.07, 6.45) is 5.70. The van der Waals surface area contributed by atoms with Gasteiger partial charge in [0.2, 0.25) is 5.96 Å². The second-order valence-electron chi connectivity index (χ2n) is 3.24. The molecule has 0 saturated heterocycles. The van der Waals surface area contributed by atoms with Gasteiger partial charge in [-0.3, -0.25) is 0 Å². The molecule has 0 amide bonds. The van der Waals surface area contributed by atoms with Crippen LogP contribution in [0.4, 0.5) is 5.69 Å². The molecule has 0 atom stereocenters. The van der Waals surface area contributed by atoms with E-state index in [0.717, 1.165) is 17.5 Å². The van der Waals surface area contributed by atoms with E-state index in [1.807, 2.05) is 35.4 Å². The molecule has 0 N–H and O–H groups in total. The Morgan fingerprint density at radius 2 is 2.20 bits per heavy atom. The second kappa shape index (κ2) is 3.55. The number of hydrogen-bond acceptors (Lipinski definition) is 4. The lowest BCUT2D eigenvalue weighted by atomic mass is 10.3. The first-order valence-electron chi connectivity index (χ1n) is 4.71. The molecule has 2 aliphatic rings. The van der Waals surface area contributed by atoms with Crippen LogP contribution < -0.4 is 0 Å². The highest BCUT2D eigenvalue weighted by molar-refractivity contribution is 7.99. The van der Waals surface area contributed by atoms with Gasteiger partial charge in [-0.2, -0.15) is 0 Å². The van der Waals surface area contributed by atoms with Gasteiger partial charge in [0.05, 0.1) is 11.6 Å². The van der Waals surface area contributed by atoms with Gasteiger partial charge in [0.15, 0.2) is 0 Å². The van der Waals surface area contributed by atoms with Crippen molar-refractivity contribution >= 4 is 29.6 Å². The lowest BCUT2D eigenvalue weighted by Crippen LogP contribution is -2.24. The SMILES string of the molecule is C1=CN2CSc3ccccc3N=C2N=C1. The molecule has 74 valence electrons. The number of para-hydroxylation sites is 1. The fourth-order valence-corrected chi connectivity index (χ4v) is 2.42. The van der Waals surface area contributed by atoms with Gasteiger partial charge in [-0.05, 0) is 18.2 Å². The van der Waals surface area contributed by atoms with E-state index >= 15 is 0 Å². The zero-order valence-corrected chi connectivity index (χ0v) is 8.81. The van der Waals surface area contributed by atoms with E-state index in [1.165, 1.54) is 4.90 Å². The Bertz CT molecular complexity index is 476. The number of aliphatic imine (C=N–C) groups is 2. The van der Waals surface area contributed by atoms with Crippen LogP contribution in [0.2, 0.25) is 0 Å². The molecule has 0 aromatic heterocycles. The summed E-state index contributed by atoms with van der Waals surface area (Å²) in [6.45, 7) is 0. The van der Waals surface area contributed by atoms with Crippen molar-refractivity contribution in [3.8, 4) is 0 Å². The summed E-state index contributed by atoms with van der Waals surface area (Å²) in [4.78, 5) is 12.1. The number of nitrogens with zero attached hydrogens (tertiary/aromatic N) is 3. The van der Waals surface area contributed by atoms with Crippen molar-refractivity contribution in [3.05, 3.63) is 36.5 Å². The molecule has 0 bridgehead atoms. The normalized spacial score (nSPS) is 17.9. The summed E-state index contributed by atoms with van der Waals surface area (Å²) in [6, 6.07) is 8.15. The molecule has 15 heavy (non-hydrogen) atoms. The zero-order chi connectivity index (χ0) is 10.1. The number of benzene rings is 1. The second-order valence-corrected chi connectivity index (χ2v) is 4.23. The van der Waals surface area contributed by atoms with Crippen molar-refractivity contribution in [2.75, 3.05) is 5.88 Å². The Labute approximate surface area is 92.2 Å². The minimum absolute atomic E-state index is 0.773. The van der Waals surface area contributed by atoms with Crippen molar-refractivity contribution in [1.82, 2.24) is 4.90 Å². The average molecular weight is 215 g/mol. The molecule has 0 radical (unpaired) electrons. The maximum Gasteiger partial charge on any atom is 0.230 e. The fraction of sp³-hybridized carbons (Fsp3) is 0.0909. The van der Waals surface area contributed by atoms with E-state index < -0.39 is 0 Å². The molecular weight excluding hydrogens is 206 g/mol. The largest absolute Gasteiger partial charge is 0.307 e. The molecule has 3 rings (SSSR count). The molecule has 1 aromatic carbocycles. The van der Waals surface area contributed by atoms with Crippen LogP contribution in [0.5, 0.6) is 0 Å². The van der Waals surface area contributed by atoms with Crippen LogP contribution in [0.15, 0.2) is 51.4 Å². The van der Waals surface area contributed by atoms with E-state index in [-0.39, 0.29) is 0 Å². The van der Waals surface area contributed by atoms with Gasteiger partial charge < -0.3 is 4.90 Å². The Morgan fingerprint density at radius 1 is 1.27 bits per heavy atom. The highest BCUT2D eigenvalue weighted by Gasteiger charge is 2.15. The molecule has 0 aliphatic carbocycles. The third-order valence-electron chi connectivity index (χ3n) is 2.24. The molecule has 0 saturated carbocycles. The van der Waals surface area contributed by atoms with Gasteiger partial charge in [-0.1, -0.05) is 12.1 Å². The van der Waals surface area contributed by atoms with Crippen molar-refractivity contribution in [1.29, 1.82) is 0 Å². The highest BCUT2D eigenvalue weighted by atomic mass is 32.2. The average Bonchev–Trinajstić information content (AvgIpc) is 2.48.